The van der Waals surface area contributed by atoms with Crippen LogP contribution < -0.4 is 0 Å². The van der Waals surface area contributed by atoms with E-state index >= 15 is 0 Å². The SMILES string of the molecule is O=C(CSc1ccc(F)cc1)c1sccc1Br. The third-order valence-corrected chi connectivity index (χ3v) is 4.94. The summed E-state index contributed by atoms with van der Waals surface area (Å²) in [6, 6.07) is 8.01. The molecule has 0 saturated carbocycles. The van der Waals surface area contributed by atoms with Crippen molar-refractivity contribution in [2.24, 2.45) is 0 Å². The quantitative estimate of drug-likeness (QED) is 0.600. The zero-order valence-corrected chi connectivity index (χ0v) is 11.9. The van der Waals surface area contributed by atoms with Crippen LogP contribution >= 0.6 is 39.0 Å². The van der Waals surface area contributed by atoms with Gasteiger partial charge in [0.25, 0.3) is 0 Å². The van der Waals surface area contributed by atoms with E-state index in [4.69, 9.17) is 0 Å². The van der Waals surface area contributed by atoms with Crippen molar-refractivity contribution in [2.45, 2.75) is 4.90 Å². The molecule has 1 nitrogen and oxygen atoms in total. The largest absolute Gasteiger partial charge is 0.292 e. The molecule has 1 heterocycles. The van der Waals surface area contributed by atoms with Gasteiger partial charge in [0.2, 0.25) is 0 Å². The molecular weight excluding hydrogens is 323 g/mol. The van der Waals surface area contributed by atoms with Crippen molar-refractivity contribution in [1.29, 1.82) is 0 Å². The Bertz CT molecular complexity index is 522. The van der Waals surface area contributed by atoms with E-state index in [0.717, 1.165) is 14.2 Å². The normalized spacial score (nSPS) is 10.5. The Morgan fingerprint density at radius 3 is 2.59 bits per heavy atom. The second-order valence-electron chi connectivity index (χ2n) is 3.26. The third-order valence-electron chi connectivity index (χ3n) is 2.05. The lowest BCUT2D eigenvalue weighted by molar-refractivity contribution is 0.102. The highest BCUT2D eigenvalue weighted by atomic mass is 79.9. The van der Waals surface area contributed by atoms with Crippen LogP contribution in [0, 0.1) is 5.82 Å². The highest BCUT2D eigenvalue weighted by Crippen LogP contribution is 2.26. The van der Waals surface area contributed by atoms with Gasteiger partial charge in [-0.15, -0.1) is 23.1 Å². The summed E-state index contributed by atoms with van der Waals surface area (Å²) in [5, 5.41) is 1.87. The molecule has 88 valence electrons. The average Bonchev–Trinajstić information content (AvgIpc) is 2.74. The number of Topliss-reactive ketones (excluding diaryl/α,β-unsaturated/α-hetero) is 1. The van der Waals surface area contributed by atoms with Gasteiger partial charge in [-0.2, -0.15) is 0 Å². The van der Waals surface area contributed by atoms with Crippen molar-refractivity contribution in [2.75, 3.05) is 5.75 Å². The maximum atomic E-state index is 12.7. The molecule has 0 aliphatic rings. The van der Waals surface area contributed by atoms with E-state index < -0.39 is 0 Å². The number of rotatable bonds is 4. The standard InChI is InChI=1S/C12H8BrFOS2/c13-10-5-6-16-12(10)11(15)7-17-9-3-1-8(14)2-4-9/h1-6H,7H2. The Kier molecular flexibility index (Phi) is 4.36. The zero-order valence-electron chi connectivity index (χ0n) is 8.65. The number of benzene rings is 1. The molecule has 5 heteroatoms. The molecular formula is C12H8BrFOS2. The van der Waals surface area contributed by atoms with Crippen LogP contribution in [0.4, 0.5) is 4.39 Å². The van der Waals surface area contributed by atoms with Crippen LogP contribution in [0.1, 0.15) is 9.67 Å². The van der Waals surface area contributed by atoms with Crippen LogP contribution in [0.25, 0.3) is 0 Å². The van der Waals surface area contributed by atoms with Crippen LogP contribution in [0.15, 0.2) is 45.1 Å². The number of carbonyl (C=O) groups is 1. The molecule has 0 N–H and O–H groups in total. The molecule has 0 spiro atoms. The minimum Gasteiger partial charge on any atom is -0.292 e. The van der Waals surface area contributed by atoms with Crippen molar-refractivity contribution in [3.8, 4) is 0 Å². The number of thiophene rings is 1. The first-order valence-corrected chi connectivity index (χ1v) is 7.47. The first-order valence-electron chi connectivity index (χ1n) is 4.81. The van der Waals surface area contributed by atoms with Crippen molar-refractivity contribution in [3.05, 3.63) is 50.9 Å². The highest BCUT2D eigenvalue weighted by Gasteiger charge is 2.11. The number of carbonyl (C=O) groups excluding carboxylic acids is 1. The Morgan fingerprint density at radius 2 is 2.00 bits per heavy atom. The van der Waals surface area contributed by atoms with Gasteiger partial charge in [-0.05, 0) is 51.6 Å². The first-order chi connectivity index (χ1) is 8.16. The summed E-state index contributed by atoms with van der Waals surface area (Å²) in [6.45, 7) is 0. The highest BCUT2D eigenvalue weighted by molar-refractivity contribution is 9.10. The third kappa shape index (κ3) is 3.40. The van der Waals surface area contributed by atoms with Crippen LogP contribution in [0.3, 0.4) is 0 Å². The molecule has 0 amide bonds. The van der Waals surface area contributed by atoms with Gasteiger partial charge in [-0.25, -0.2) is 4.39 Å². The Hall–Kier alpha value is -0.650. The number of hydrogen-bond donors (Lipinski definition) is 0. The molecule has 0 unspecified atom stereocenters. The Morgan fingerprint density at radius 1 is 1.29 bits per heavy atom. The smallest absolute Gasteiger partial charge is 0.184 e. The molecule has 1 aromatic carbocycles. The fourth-order valence-electron chi connectivity index (χ4n) is 1.24. The van der Waals surface area contributed by atoms with E-state index in [9.17, 15) is 9.18 Å². The van der Waals surface area contributed by atoms with Gasteiger partial charge in [0.15, 0.2) is 5.78 Å². The molecule has 0 radical (unpaired) electrons. The van der Waals surface area contributed by atoms with E-state index in [2.05, 4.69) is 15.9 Å². The molecule has 1 aromatic heterocycles. The summed E-state index contributed by atoms with van der Waals surface area (Å²) in [7, 11) is 0. The molecule has 2 rings (SSSR count). The first kappa shape index (κ1) is 12.8. The van der Waals surface area contributed by atoms with Crippen LogP contribution in [-0.4, -0.2) is 11.5 Å². The maximum Gasteiger partial charge on any atom is 0.184 e. The molecule has 0 bridgehead atoms. The van der Waals surface area contributed by atoms with Gasteiger partial charge in [0.1, 0.15) is 5.82 Å². The van der Waals surface area contributed by atoms with Gasteiger partial charge in [0.05, 0.1) is 10.6 Å². The van der Waals surface area contributed by atoms with Crippen molar-refractivity contribution < 1.29 is 9.18 Å². The predicted octanol–water partition coefficient (Wildman–Crippen LogP) is 4.62. The van der Waals surface area contributed by atoms with Crippen molar-refractivity contribution in [1.82, 2.24) is 0 Å². The van der Waals surface area contributed by atoms with Gasteiger partial charge in [0, 0.05) is 9.37 Å². The lowest BCUT2D eigenvalue weighted by Gasteiger charge is -2.00. The fraction of sp³-hybridized carbons (Fsp3) is 0.0833. The van der Waals surface area contributed by atoms with Gasteiger partial charge < -0.3 is 0 Å². The minimum absolute atomic E-state index is 0.0844. The summed E-state index contributed by atoms with van der Waals surface area (Å²) in [6.07, 6.45) is 0. The summed E-state index contributed by atoms with van der Waals surface area (Å²) < 4.78 is 13.5. The van der Waals surface area contributed by atoms with E-state index in [-0.39, 0.29) is 11.6 Å². The van der Waals surface area contributed by atoms with E-state index in [1.165, 1.54) is 35.2 Å². The summed E-state index contributed by atoms with van der Waals surface area (Å²) >= 11 is 6.17. The molecule has 0 fully saturated rings. The van der Waals surface area contributed by atoms with Crippen molar-refractivity contribution in [3.63, 3.8) is 0 Å². The summed E-state index contributed by atoms with van der Waals surface area (Å²) in [4.78, 5) is 13.5. The molecule has 0 aliphatic heterocycles. The van der Waals surface area contributed by atoms with Gasteiger partial charge in [-0.3, -0.25) is 4.79 Å². The van der Waals surface area contributed by atoms with Gasteiger partial charge >= 0.3 is 0 Å². The monoisotopic (exact) mass is 330 g/mol. The summed E-state index contributed by atoms with van der Waals surface area (Å²) in [5.41, 5.74) is 0. The number of halogens is 2. The van der Waals surface area contributed by atoms with E-state index in [1.807, 2.05) is 11.4 Å². The number of thioether (sulfide) groups is 1. The molecule has 0 aliphatic carbocycles. The minimum atomic E-state index is -0.262. The number of ketones is 1. The topological polar surface area (TPSA) is 17.1 Å². The van der Waals surface area contributed by atoms with Crippen LogP contribution in [0.5, 0.6) is 0 Å². The fourth-order valence-corrected chi connectivity index (χ4v) is 3.63. The van der Waals surface area contributed by atoms with Crippen LogP contribution in [0.2, 0.25) is 0 Å². The summed E-state index contributed by atoms with van der Waals surface area (Å²) in [5.74, 6) is 0.188. The van der Waals surface area contributed by atoms with E-state index in [1.54, 1.807) is 12.1 Å². The second-order valence-corrected chi connectivity index (χ2v) is 6.08. The molecule has 17 heavy (non-hydrogen) atoms. The number of hydrogen-bond acceptors (Lipinski definition) is 3. The van der Waals surface area contributed by atoms with Gasteiger partial charge in [-0.1, -0.05) is 0 Å². The lowest BCUT2D eigenvalue weighted by atomic mass is 10.3. The molecule has 0 saturated heterocycles. The molecule has 2 aromatic rings. The predicted molar refractivity (Wildman–Crippen MR) is 73.5 cm³/mol. The Labute approximate surface area is 115 Å². The van der Waals surface area contributed by atoms with Crippen LogP contribution in [-0.2, 0) is 0 Å². The second kappa shape index (κ2) is 5.80. The van der Waals surface area contributed by atoms with Crippen molar-refractivity contribution >= 4 is 44.8 Å². The molecule has 0 atom stereocenters. The average molecular weight is 331 g/mol. The lowest BCUT2D eigenvalue weighted by Crippen LogP contribution is -2.00. The zero-order chi connectivity index (χ0) is 12.3. The maximum absolute atomic E-state index is 12.7. The Balaban J connectivity index is 1.97. The van der Waals surface area contributed by atoms with E-state index in [0.29, 0.717) is 5.75 Å².